The Morgan fingerprint density at radius 3 is 2.76 bits per heavy atom. The Kier molecular flexibility index (Phi) is 4.22. The number of aliphatic hydroxyl groups is 1. The molecule has 2 aromatic carbocycles. The van der Waals surface area contributed by atoms with Crippen LogP contribution in [0, 0.1) is 0 Å². The third-order valence-electron chi connectivity index (χ3n) is 3.48. The van der Waals surface area contributed by atoms with Gasteiger partial charge in [0.05, 0.1) is 13.2 Å². The zero-order chi connectivity index (χ0) is 14.5. The standard InChI is InChI=1S/C18H18O3/c19-12-15-8-9-20-18-11-17(7-6-16(18)10-15)21-13-14-4-2-1-3-5-14/h1-7,10-11,19H,8-9,12-13H2. The lowest BCUT2D eigenvalue weighted by Gasteiger charge is -2.10. The minimum atomic E-state index is 0.0784. The molecule has 0 spiro atoms. The van der Waals surface area contributed by atoms with Gasteiger partial charge in [-0.25, -0.2) is 0 Å². The zero-order valence-electron chi connectivity index (χ0n) is 11.8. The average Bonchev–Trinajstić information content (AvgIpc) is 2.75. The van der Waals surface area contributed by atoms with Gasteiger partial charge in [-0.2, -0.15) is 0 Å². The van der Waals surface area contributed by atoms with E-state index >= 15 is 0 Å². The Balaban J connectivity index is 1.74. The second kappa shape index (κ2) is 6.46. The van der Waals surface area contributed by atoms with E-state index < -0.39 is 0 Å². The molecule has 108 valence electrons. The number of aliphatic hydroxyl groups excluding tert-OH is 1. The largest absolute Gasteiger partial charge is 0.492 e. The summed E-state index contributed by atoms with van der Waals surface area (Å²) in [5, 5.41) is 9.26. The minimum absolute atomic E-state index is 0.0784. The van der Waals surface area contributed by atoms with Crippen LogP contribution in [0.25, 0.3) is 6.08 Å². The summed E-state index contributed by atoms with van der Waals surface area (Å²) in [6.07, 6.45) is 2.74. The third kappa shape index (κ3) is 3.44. The van der Waals surface area contributed by atoms with Crippen LogP contribution in [0.4, 0.5) is 0 Å². The van der Waals surface area contributed by atoms with Gasteiger partial charge in [-0.05, 0) is 29.3 Å². The number of benzene rings is 2. The molecule has 0 fully saturated rings. The number of rotatable bonds is 4. The lowest BCUT2D eigenvalue weighted by atomic mass is 10.1. The molecule has 0 bridgehead atoms. The normalized spacial score (nSPS) is 13.7. The maximum absolute atomic E-state index is 9.26. The highest BCUT2D eigenvalue weighted by Crippen LogP contribution is 2.30. The second-order valence-electron chi connectivity index (χ2n) is 5.03. The molecule has 0 atom stereocenters. The van der Waals surface area contributed by atoms with Gasteiger partial charge in [0.2, 0.25) is 0 Å². The fourth-order valence-electron chi connectivity index (χ4n) is 2.30. The average molecular weight is 282 g/mol. The van der Waals surface area contributed by atoms with Crippen LogP contribution in [-0.4, -0.2) is 18.3 Å². The van der Waals surface area contributed by atoms with Gasteiger partial charge >= 0.3 is 0 Å². The fraction of sp³-hybridized carbons (Fsp3) is 0.222. The maximum atomic E-state index is 9.26. The molecule has 2 aromatic rings. The van der Waals surface area contributed by atoms with E-state index in [9.17, 15) is 5.11 Å². The molecule has 0 saturated heterocycles. The van der Waals surface area contributed by atoms with Crippen LogP contribution in [0.3, 0.4) is 0 Å². The van der Waals surface area contributed by atoms with Crippen LogP contribution in [0.2, 0.25) is 0 Å². The Labute approximate surface area is 124 Å². The molecule has 3 rings (SSSR count). The predicted molar refractivity (Wildman–Crippen MR) is 82.4 cm³/mol. The number of ether oxygens (including phenoxy) is 2. The van der Waals surface area contributed by atoms with Crippen LogP contribution in [-0.2, 0) is 6.61 Å². The summed E-state index contributed by atoms with van der Waals surface area (Å²) in [7, 11) is 0. The van der Waals surface area contributed by atoms with Crippen LogP contribution in [0.5, 0.6) is 11.5 Å². The van der Waals surface area contributed by atoms with Crippen molar-refractivity contribution in [2.75, 3.05) is 13.2 Å². The minimum Gasteiger partial charge on any atom is -0.492 e. The number of fused-ring (bicyclic) bond motifs is 1. The van der Waals surface area contributed by atoms with Crippen molar-refractivity contribution in [1.29, 1.82) is 0 Å². The highest BCUT2D eigenvalue weighted by atomic mass is 16.5. The zero-order valence-corrected chi connectivity index (χ0v) is 11.8. The summed E-state index contributed by atoms with van der Waals surface area (Å²) in [6.45, 7) is 1.20. The predicted octanol–water partition coefficient (Wildman–Crippen LogP) is 3.42. The van der Waals surface area contributed by atoms with Crippen LogP contribution in [0.15, 0.2) is 54.1 Å². The van der Waals surface area contributed by atoms with Crippen molar-refractivity contribution < 1.29 is 14.6 Å². The molecule has 1 aliphatic rings. The van der Waals surface area contributed by atoms with Crippen LogP contribution >= 0.6 is 0 Å². The molecule has 1 N–H and O–H groups in total. The van der Waals surface area contributed by atoms with Crippen molar-refractivity contribution in [3.05, 3.63) is 65.2 Å². The Morgan fingerprint density at radius 2 is 1.95 bits per heavy atom. The van der Waals surface area contributed by atoms with E-state index in [0.717, 1.165) is 34.6 Å². The van der Waals surface area contributed by atoms with E-state index in [1.54, 1.807) is 0 Å². The highest BCUT2D eigenvalue weighted by molar-refractivity contribution is 5.62. The quantitative estimate of drug-likeness (QED) is 0.933. The molecule has 3 nitrogen and oxygen atoms in total. The second-order valence-corrected chi connectivity index (χ2v) is 5.03. The van der Waals surface area contributed by atoms with Crippen molar-refractivity contribution in [2.45, 2.75) is 13.0 Å². The molecule has 0 unspecified atom stereocenters. The Bertz CT molecular complexity index is 632. The van der Waals surface area contributed by atoms with Gasteiger partial charge in [0.15, 0.2) is 0 Å². The number of hydrogen-bond acceptors (Lipinski definition) is 3. The van der Waals surface area contributed by atoms with Gasteiger partial charge in [0.25, 0.3) is 0 Å². The molecular formula is C18H18O3. The maximum Gasteiger partial charge on any atom is 0.130 e. The van der Waals surface area contributed by atoms with Crippen molar-refractivity contribution in [3.8, 4) is 11.5 Å². The molecule has 21 heavy (non-hydrogen) atoms. The molecule has 1 heterocycles. The molecular weight excluding hydrogens is 264 g/mol. The molecule has 0 radical (unpaired) electrons. The first kappa shape index (κ1) is 13.7. The first-order valence-corrected chi connectivity index (χ1v) is 7.09. The van der Waals surface area contributed by atoms with Crippen molar-refractivity contribution in [2.24, 2.45) is 0 Å². The van der Waals surface area contributed by atoms with E-state index in [1.807, 2.05) is 54.6 Å². The van der Waals surface area contributed by atoms with E-state index in [0.29, 0.717) is 13.2 Å². The Hall–Kier alpha value is -2.26. The Morgan fingerprint density at radius 1 is 1.10 bits per heavy atom. The molecule has 0 saturated carbocycles. The molecule has 1 aliphatic heterocycles. The summed E-state index contributed by atoms with van der Waals surface area (Å²) >= 11 is 0. The van der Waals surface area contributed by atoms with Gasteiger partial charge < -0.3 is 14.6 Å². The smallest absolute Gasteiger partial charge is 0.130 e. The van der Waals surface area contributed by atoms with Crippen LogP contribution in [0.1, 0.15) is 17.5 Å². The van der Waals surface area contributed by atoms with Crippen molar-refractivity contribution >= 4 is 6.08 Å². The van der Waals surface area contributed by atoms with Crippen molar-refractivity contribution in [1.82, 2.24) is 0 Å². The summed E-state index contributed by atoms with van der Waals surface area (Å²) in [5.41, 5.74) is 3.12. The summed E-state index contributed by atoms with van der Waals surface area (Å²) in [6, 6.07) is 15.9. The van der Waals surface area contributed by atoms with Gasteiger partial charge in [-0.1, -0.05) is 30.3 Å². The summed E-state index contributed by atoms with van der Waals surface area (Å²) in [4.78, 5) is 0. The number of hydrogen-bond donors (Lipinski definition) is 1. The first-order chi connectivity index (χ1) is 10.3. The van der Waals surface area contributed by atoms with E-state index in [-0.39, 0.29) is 6.61 Å². The SMILES string of the molecule is OCC1=Cc2ccc(OCc3ccccc3)cc2OCC1. The summed E-state index contributed by atoms with van der Waals surface area (Å²) < 4.78 is 11.5. The summed E-state index contributed by atoms with van der Waals surface area (Å²) in [5.74, 6) is 1.60. The fourth-order valence-corrected chi connectivity index (χ4v) is 2.30. The molecule has 0 amide bonds. The van der Waals surface area contributed by atoms with Gasteiger partial charge in [0, 0.05) is 18.1 Å². The van der Waals surface area contributed by atoms with Gasteiger partial charge in [-0.3, -0.25) is 0 Å². The first-order valence-electron chi connectivity index (χ1n) is 7.09. The highest BCUT2D eigenvalue weighted by Gasteiger charge is 2.10. The van der Waals surface area contributed by atoms with Crippen LogP contribution < -0.4 is 9.47 Å². The monoisotopic (exact) mass is 282 g/mol. The van der Waals surface area contributed by atoms with Gasteiger partial charge in [0.1, 0.15) is 18.1 Å². The van der Waals surface area contributed by atoms with Gasteiger partial charge in [-0.15, -0.1) is 0 Å². The van der Waals surface area contributed by atoms with E-state index in [4.69, 9.17) is 9.47 Å². The molecule has 0 aliphatic carbocycles. The van der Waals surface area contributed by atoms with E-state index in [2.05, 4.69) is 0 Å². The molecule has 0 aromatic heterocycles. The topological polar surface area (TPSA) is 38.7 Å². The van der Waals surface area contributed by atoms with Crippen molar-refractivity contribution in [3.63, 3.8) is 0 Å². The molecule has 3 heteroatoms. The van der Waals surface area contributed by atoms with E-state index in [1.165, 1.54) is 0 Å². The lowest BCUT2D eigenvalue weighted by Crippen LogP contribution is -1.99. The third-order valence-corrected chi connectivity index (χ3v) is 3.48. The lowest BCUT2D eigenvalue weighted by molar-refractivity contribution is 0.289.